The number of aliphatic hydroxyl groups is 1. The number of ether oxygens (including phenoxy) is 2. The molecule has 0 radical (unpaired) electrons. The average Bonchev–Trinajstić information content (AvgIpc) is 2.43. The van der Waals surface area contributed by atoms with E-state index in [2.05, 4.69) is 11.9 Å². The van der Waals surface area contributed by atoms with Crippen LogP contribution in [0.2, 0.25) is 0 Å². The Balaban J connectivity index is 0.00000361. The zero-order chi connectivity index (χ0) is 13.9. The molecule has 0 heterocycles. The van der Waals surface area contributed by atoms with Crippen molar-refractivity contribution >= 4 is 12.4 Å². The number of benzene rings is 1. The summed E-state index contributed by atoms with van der Waals surface area (Å²) >= 11 is 0. The summed E-state index contributed by atoms with van der Waals surface area (Å²) in [6.07, 6.45) is 2.46. The highest BCUT2D eigenvalue weighted by Gasteiger charge is 2.10. The van der Waals surface area contributed by atoms with Crippen LogP contribution >= 0.6 is 12.4 Å². The van der Waals surface area contributed by atoms with Crippen LogP contribution in [0.3, 0.4) is 0 Å². The van der Waals surface area contributed by atoms with E-state index in [1.165, 1.54) is 0 Å². The first-order valence-electron chi connectivity index (χ1n) is 6.63. The third-order valence-electron chi connectivity index (χ3n) is 2.53. The lowest BCUT2D eigenvalue weighted by atomic mass is 10.2. The van der Waals surface area contributed by atoms with Gasteiger partial charge in [-0.2, -0.15) is 0 Å². The first kappa shape index (κ1) is 18.8. The number of halogens is 1. The lowest BCUT2D eigenvalue weighted by molar-refractivity contribution is 0.284. The molecular weight excluding hydrogens is 278 g/mol. The van der Waals surface area contributed by atoms with Gasteiger partial charge in [0.25, 0.3) is 0 Å². The van der Waals surface area contributed by atoms with Gasteiger partial charge in [0, 0.05) is 18.7 Å². The maximum absolute atomic E-state index is 8.75. The van der Waals surface area contributed by atoms with Crippen molar-refractivity contribution in [3.8, 4) is 11.5 Å². The number of rotatable bonds is 10. The van der Waals surface area contributed by atoms with E-state index in [-0.39, 0.29) is 19.0 Å². The summed E-state index contributed by atoms with van der Waals surface area (Å²) in [6, 6.07) is 5.86. The van der Waals surface area contributed by atoms with Gasteiger partial charge in [-0.05, 0) is 26.0 Å². The van der Waals surface area contributed by atoms with E-state index in [1.807, 2.05) is 25.1 Å². The van der Waals surface area contributed by atoms with Gasteiger partial charge in [0.05, 0.1) is 6.61 Å². The molecule has 1 aromatic rings. The topological polar surface area (TPSA) is 50.7 Å². The molecule has 0 fully saturated rings. The smallest absolute Gasteiger partial charge is 0.166 e. The summed E-state index contributed by atoms with van der Waals surface area (Å²) in [4.78, 5) is 0. The zero-order valence-electron chi connectivity index (χ0n) is 11.9. The molecule has 1 rings (SSSR count). The quantitative estimate of drug-likeness (QED) is 0.515. The highest BCUT2D eigenvalue weighted by molar-refractivity contribution is 5.85. The molecule has 0 atom stereocenters. The Morgan fingerprint density at radius 1 is 1.35 bits per heavy atom. The van der Waals surface area contributed by atoms with Crippen molar-refractivity contribution in [3.05, 3.63) is 36.4 Å². The number of hydrogen-bond acceptors (Lipinski definition) is 4. The number of aliphatic hydroxyl groups excluding tert-OH is 1. The first-order valence-corrected chi connectivity index (χ1v) is 6.63. The Kier molecular flexibility index (Phi) is 10.9. The van der Waals surface area contributed by atoms with E-state index in [0.29, 0.717) is 19.8 Å². The fourth-order valence-electron chi connectivity index (χ4n) is 1.70. The van der Waals surface area contributed by atoms with Crippen LogP contribution < -0.4 is 14.8 Å². The highest BCUT2D eigenvalue weighted by Crippen LogP contribution is 2.31. The van der Waals surface area contributed by atoms with Crippen LogP contribution in [-0.4, -0.2) is 31.5 Å². The SMILES string of the molecule is C=CCOc1c(CNCCCO)cccc1OCC.Cl. The Bertz CT molecular complexity index is 385. The minimum atomic E-state index is 0. The number of nitrogens with one attached hydrogen (secondary N) is 1. The normalized spacial score (nSPS) is 9.70. The Morgan fingerprint density at radius 3 is 2.80 bits per heavy atom. The third kappa shape index (κ3) is 6.28. The van der Waals surface area contributed by atoms with Gasteiger partial charge >= 0.3 is 0 Å². The van der Waals surface area contributed by atoms with Gasteiger partial charge in [0.15, 0.2) is 11.5 Å². The molecule has 0 aromatic heterocycles. The molecule has 0 aliphatic heterocycles. The van der Waals surface area contributed by atoms with E-state index in [0.717, 1.165) is 30.0 Å². The fraction of sp³-hybridized carbons (Fsp3) is 0.467. The predicted octanol–water partition coefficient (Wildman–Crippen LogP) is 2.54. The van der Waals surface area contributed by atoms with Crippen LogP contribution in [-0.2, 0) is 6.54 Å². The lowest BCUT2D eigenvalue weighted by Gasteiger charge is -2.15. The van der Waals surface area contributed by atoms with E-state index < -0.39 is 0 Å². The third-order valence-corrected chi connectivity index (χ3v) is 2.53. The summed E-state index contributed by atoms with van der Waals surface area (Å²) in [5.74, 6) is 1.52. The second-order valence-corrected chi connectivity index (χ2v) is 4.03. The monoisotopic (exact) mass is 301 g/mol. The van der Waals surface area contributed by atoms with E-state index in [4.69, 9.17) is 14.6 Å². The van der Waals surface area contributed by atoms with Crippen molar-refractivity contribution in [3.63, 3.8) is 0 Å². The Morgan fingerprint density at radius 2 is 2.15 bits per heavy atom. The minimum Gasteiger partial charge on any atom is -0.490 e. The van der Waals surface area contributed by atoms with E-state index >= 15 is 0 Å². The standard InChI is InChI=1S/C15H23NO3.ClH/c1-3-11-19-15-13(12-16-9-6-10-17)7-5-8-14(15)18-4-2;/h3,5,7-8,16-17H,1,4,6,9-12H2,2H3;1H. The molecule has 4 nitrogen and oxygen atoms in total. The number of hydrogen-bond donors (Lipinski definition) is 2. The summed E-state index contributed by atoms with van der Waals surface area (Å²) in [7, 11) is 0. The Labute approximate surface area is 127 Å². The van der Waals surface area contributed by atoms with Crippen molar-refractivity contribution in [1.82, 2.24) is 5.32 Å². The molecule has 0 amide bonds. The second-order valence-electron chi connectivity index (χ2n) is 4.03. The van der Waals surface area contributed by atoms with Crippen molar-refractivity contribution in [2.45, 2.75) is 19.9 Å². The van der Waals surface area contributed by atoms with Gasteiger partial charge < -0.3 is 19.9 Å². The molecule has 0 saturated carbocycles. The predicted molar refractivity (Wildman–Crippen MR) is 84.0 cm³/mol. The molecule has 2 N–H and O–H groups in total. The fourth-order valence-corrected chi connectivity index (χ4v) is 1.70. The number of para-hydroxylation sites is 1. The van der Waals surface area contributed by atoms with Crippen molar-refractivity contribution in [1.29, 1.82) is 0 Å². The van der Waals surface area contributed by atoms with Crippen LogP contribution in [0.1, 0.15) is 18.9 Å². The first-order chi connectivity index (χ1) is 9.33. The van der Waals surface area contributed by atoms with E-state index in [9.17, 15) is 0 Å². The zero-order valence-corrected chi connectivity index (χ0v) is 12.7. The molecule has 1 aromatic carbocycles. The molecular formula is C15H24ClNO3. The molecule has 5 heteroatoms. The summed E-state index contributed by atoms with van der Waals surface area (Å²) in [5, 5.41) is 12.0. The summed E-state index contributed by atoms with van der Waals surface area (Å²) in [5.41, 5.74) is 1.05. The van der Waals surface area contributed by atoms with Gasteiger partial charge in [-0.1, -0.05) is 24.8 Å². The molecule has 0 bridgehead atoms. The maximum Gasteiger partial charge on any atom is 0.166 e. The Hall–Kier alpha value is -1.23. The van der Waals surface area contributed by atoms with Crippen molar-refractivity contribution in [2.24, 2.45) is 0 Å². The minimum absolute atomic E-state index is 0. The van der Waals surface area contributed by atoms with Gasteiger partial charge in [0.2, 0.25) is 0 Å². The summed E-state index contributed by atoms with van der Waals surface area (Å²) < 4.78 is 11.3. The lowest BCUT2D eigenvalue weighted by Crippen LogP contribution is -2.16. The maximum atomic E-state index is 8.75. The van der Waals surface area contributed by atoms with Crippen LogP contribution in [0.4, 0.5) is 0 Å². The second kappa shape index (κ2) is 11.6. The van der Waals surface area contributed by atoms with Gasteiger partial charge in [0.1, 0.15) is 6.61 Å². The van der Waals surface area contributed by atoms with Crippen LogP contribution in [0, 0.1) is 0 Å². The molecule has 20 heavy (non-hydrogen) atoms. The average molecular weight is 302 g/mol. The van der Waals surface area contributed by atoms with Crippen LogP contribution in [0.15, 0.2) is 30.9 Å². The van der Waals surface area contributed by atoms with Gasteiger partial charge in [-0.3, -0.25) is 0 Å². The highest BCUT2D eigenvalue weighted by atomic mass is 35.5. The van der Waals surface area contributed by atoms with Crippen LogP contribution in [0.5, 0.6) is 11.5 Å². The van der Waals surface area contributed by atoms with Crippen molar-refractivity contribution in [2.75, 3.05) is 26.4 Å². The van der Waals surface area contributed by atoms with Crippen molar-refractivity contribution < 1.29 is 14.6 Å². The molecule has 0 unspecified atom stereocenters. The summed E-state index contributed by atoms with van der Waals surface area (Å²) in [6.45, 7) is 8.32. The molecule has 0 aliphatic carbocycles. The van der Waals surface area contributed by atoms with Crippen LogP contribution in [0.25, 0.3) is 0 Å². The van der Waals surface area contributed by atoms with Gasteiger partial charge in [-0.25, -0.2) is 0 Å². The van der Waals surface area contributed by atoms with E-state index in [1.54, 1.807) is 6.08 Å². The molecule has 0 saturated heterocycles. The van der Waals surface area contributed by atoms with Gasteiger partial charge in [-0.15, -0.1) is 12.4 Å². The molecule has 114 valence electrons. The largest absolute Gasteiger partial charge is 0.490 e. The molecule has 0 aliphatic rings. The molecule has 0 spiro atoms.